The molecule has 0 saturated heterocycles. The number of nitrogens with zero attached hydrogens (tertiary/aromatic N) is 3. The van der Waals surface area contributed by atoms with E-state index in [1.54, 1.807) is 30.3 Å². The average Bonchev–Trinajstić information content (AvgIpc) is 2.84. The van der Waals surface area contributed by atoms with Crippen molar-refractivity contribution in [2.75, 3.05) is 27.2 Å². The molecule has 1 aliphatic rings. The summed E-state index contributed by atoms with van der Waals surface area (Å²) in [5.74, 6) is 0.0132. The van der Waals surface area contributed by atoms with Gasteiger partial charge in [0.15, 0.2) is 5.01 Å². The predicted molar refractivity (Wildman–Crippen MR) is 89.3 cm³/mol. The summed E-state index contributed by atoms with van der Waals surface area (Å²) >= 11 is 1.56. The van der Waals surface area contributed by atoms with Crippen molar-refractivity contribution in [3.63, 3.8) is 0 Å². The first-order valence-corrected chi connectivity index (χ1v) is 8.41. The Morgan fingerprint density at radius 1 is 1.23 bits per heavy atom. The van der Waals surface area contributed by atoms with E-state index in [9.17, 15) is 4.79 Å². The molecule has 22 heavy (non-hydrogen) atoms. The van der Waals surface area contributed by atoms with Gasteiger partial charge in [0.2, 0.25) is 0 Å². The van der Waals surface area contributed by atoms with Crippen LogP contribution in [0.1, 0.15) is 25.9 Å². The van der Waals surface area contributed by atoms with Gasteiger partial charge in [0.25, 0.3) is 5.91 Å². The molecular formula is C17H21N3OS. The van der Waals surface area contributed by atoms with Gasteiger partial charge in [-0.2, -0.15) is 0 Å². The maximum Gasteiger partial charge on any atom is 0.282 e. The lowest BCUT2D eigenvalue weighted by Crippen LogP contribution is -2.26. The van der Waals surface area contributed by atoms with Crippen LogP contribution in [-0.4, -0.2) is 47.9 Å². The summed E-state index contributed by atoms with van der Waals surface area (Å²) in [5, 5.41) is 0.631. The van der Waals surface area contributed by atoms with Crippen molar-refractivity contribution >= 4 is 17.2 Å². The molecule has 1 aromatic carbocycles. The summed E-state index contributed by atoms with van der Waals surface area (Å²) in [7, 11) is 3.55. The third kappa shape index (κ3) is 3.36. The lowest BCUT2D eigenvalue weighted by atomic mass is 10.2. The van der Waals surface area contributed by atoms with Crippen LogP contribution in [0.25, 0.3) is 0 Å². The van der Waals surface area contributed by atoms with E-state index in [4.69, 9.17) is 0 Å². The van der Waals surface area contributed by atoms with E-state index in [1.165, 1.54) is 10.4 Å². The van der Waals surface area contributed by atoms with Crippen LogP contribution in [0.15, 0.2) is 30.3 Å². The first-order valence-electron chi connectivity index (χ1n) is 7.60. The Kier molecular flexibility index (Phi) is 4.55. The predicted octanol–water partition coefficient (Wildman–Crippen LogP) is 2.45. The molecule has 0 radical (unpaired) electrons. The van der Waals surface area contributed by atoms with Gasteiger partial charge in [-0.3, -0.25) is 9.69 Å². The number of amides is 1. The molecule has 1 amide bonds. The number of aromatic nitrogens is 1. The molecule has 3 rings (SSSR count). The lowest BCUT2D eigenvalue weighted by molar-refractivity contribution is 0.0827. The van der Waals surface area contributed by atoms with E-state index >= 15 is 0 Å². The van der Waals surface area contributed by atoms with Crippen LogP contribution < -0.4 is 0 Å². The topological polar surface area (TPSA) is 36.4 Å². The molecule has 0 atom stereocenters. The van der Waals surface area contributed by atoms with Gasteiger partial charge < -0.3 is 4.90 Å². The third-order valence-electron chi connectivity index (χ3n) is 3.94. The first kappa shape index (κ1) is 15.2. The molecule has 0 bridgehead atoms. The van der Waals surface area contributed by atoms with E-state index in [1.807, 2.05) is 0 Å². The minimum Gasteiger partial charge on any atom is -0.343 e. The first-order chi connectivity index (χ1) is 10.6. The zero-order chi connectivity index (χ0) is 15.5. The third-order valence-corrected chi connectivity index (χ3v) is 5.08. The Morgan fingerprint density at radius 2 is 1.95 bits per heavy atom. The van der Waals surface area contributed by atoms with Gasteiger partial charge >= 0.3 is 0 Å². The molecule has 2 aromatic rings. The van der Waals surface area contributed by atoms with Gasteiger partial charge in [0, 0.05) is 45.0 Å². The van der Waals surface area contributed by atoms with Crippen LogP contribution in [-0.2, 0) is 19.4 Å². The van der Waals surface area contributed by atoms with Crippen LogP contribution >= 0.6 is 11.3 Å². The summed E-state index contributed by atoms with van der Waals surface area (Å²) in [6.45, 7) is 3.01. The minimum atomic E-state index is 0.0132. The van der Waals surface area contributed by atoms with E-state index in [-0.39, 0.29) is 5.91 Å². The SMILES string of the molecule is CN(C)C(=O)c1nc2c(s1)CCN(Cc1ccccc1)CC2. The van der Waals surface area contributed by atoms with Gasteiger partial charge in [-0.15, -0.1) is 11.3 Å². The van der Waals surface area contributed by atoms with Crippen molar-refractivity contribution in [2.24, 2.45) is 0 Å². The van der Waals surface area contributed by atoms with Gasteiger partial charge in [-0.05, 0) is 12.0 Å². The fourth-order valence-corrected chi connectivity index (χ4v) is 3.81. The lowest BCUT2D eigenvalue weighted by Gasteiger charge is -2.19. The molecule has 0 fully saturated rings. The maximum atomic E-state index is 12.0. The van der Waals surface area contributed by atoms with E-state index in [0.29, 0.717) is 5.01 Å². The van der Waals surface area contributed by atoms with Crippen molar-refractivity contribution in [2.45, 2.75) is 19.4 Å². The Labute approximate surface area is 135 Å². The number of carbonyl (C=O) groups is 1. The molecular weight excluding hydrogens is 294 g/mol. The Balaban J connectivity index is 1.66. The molecule has 2 heterocycles. The highest BCUT2D eigenvalue weighted by Crippen LogP contribution is 2.24. The Morgan fingerprint density at radius 3 is 2.68 bits per heavy atom. The van der Waals surface area contributed by atoms with Crippen LogP contribution in [0.2, 0.25) is 0 Å². The smallest absolute Gasteiger partial charge is 0.282 e. The second-order valence-corrected chi connectivity index (χ2v) is 6.93. The molecule has 5 heteroatoms. The van der Waals surface area contributed by atoms with Crippen molar-refractivity contribution in [1.82, 2.24) is 14.8 Å². The molecule has 4 nitrogen and oxygen atoms in total. The summed E-state index contributed by atoms with van der Waals surface area (Å²) < 4.78 is 0. The van der Waals surface area contributed by atoms with Crippen molar-refractivity contribution in [1.29, 1.82) is 0 Å². The molecule has 0 spiro atoms. The van der Waals surface area contributed by atoms with Crippen molar-refractivity contribution in [3.05, 3.63) is 51.5 Å². The summed E-state index contributed by atoms with van der Waals surface area (Å²) in [6, 6.07) is 10.6. The van der Waals surface area contributed by atoms with E-state index < -0.39 is 0 Å². The minimum absolute atomic E-state index is 0.0132. The van der Waals surface area contributed by atoms with Crippen LogP contribution in [0.4, 0.5) is 0 Å². The highest BCUT2D eigenvalue weighted by molar-refractivity contribution is 7.13. The zero-order valence-electron chi connectivity index (χ0n) is 13.1. The standard InChI is InChI=1S/C17H21N3OS/c1-19(2)17(21)16-18-14-8-10-20(11-9-15(14)22-16)12-13-6-4-3-5-7-13/h3-7H,8-12H2,1-2H3. The van der Waals surface area contributed by atoms with Crippen LogP contribution in [0.5, 0.6) is 0 Å². The van der Waals surface area contributed by atoms with Gasteiger partial charge in [-0.25, -0.2) is 4.98 Å². The number of fused-ring (bicyclic) bond motifs is 1. The number of hydrogen-bond acceptors (Lipinski definition) is 4. The summed E-state index contributed by atoms with van der Waals surface area (Å²) in [5.41, 5.74) is 2.47. The fraction of sp³-hybridized carbons (Fsp3) is 0.412. The molecule has 0 unspecified atom stereocenters. The van der Waals surface area contributed by atoms with Crippen molar-refractivity contribution < 1.29 is 4.79 Å². The summed E-state index contributed by atoms with van der Waals surface area (Å²) in [4.78, 5) is 21.9. The average molecular weight is 315 g/mol. The van der Waals surface area contributed by atoms with E-state index in [2.05, 4.69) is 40.2 Å². The molecule has 0 N–H and O–H groups in total. The van der Waals surface area contributed by atoms with Gasteiger partial charge in [0.05, 0.1) is 5.69 Å². The van der Waals surface area contributed by atoms with Crippen LogP contribution in [0.3, 0.4) is 0 Å². The van der Waals surface area contributed by atoms with Crippen LogP contribution in [0, 0.1) is 0 Å². The molecule has 1 aromatic heterocycles. The Hall–Kier alpha value is -1.72. The van der Waals surface area contributed by atoms with Crippen molar-refractivity contribution in [3.8, 4) is 0 Å². The molecule has 0 aliphatic carbocycles. The highest BCUT2D eigenvalue weighted by Gasteiger charge is 2.21. The summed E-state index contributed by atoms with van der Waals surface area (Å²) in [6.07, 6.45) is 1.92. The van der Waals surface area contributed by atoms with Gasteiger partial charge in [0.1, 0.15) is 0 Å². The highest BCUT2D eigenvalue weighted by atomic mass is 32.1. The normalized spacial score (nSPS) is 15.2. The second kappa shape index (κ2) is 6.58. The molecule has 1 aliphatic heterocycles. The number of thiazole rings is 1. The number of benzene rings is 1. The monoisotopic (exact) mass is 315 g/mol. The molecule has 0 saturated carbocycles. The Bertz CT molecular complexity index is 626. The zero-order valence-corrected chi connectivity index (χ0v) is 13.9. The largest absolute Gasteiger partial charge is 0.343 e. The molecule has 116 valence electrons. The quantitative estimate of drug-likeness (QED) is 0.873. The number of rotatable bonds is 3. The fourth-order valence-electron chi connectivity index (χ4n) is 2.69. The number of carbonyl (C=O) groups excluding carboxylic acids is 1. The van der Waals surface area contributed by atoms with Gasteiger partial charge in [-0.1, -0.05) is 30.3 Å². The number of hydrogen-bond donors (Lipinski definition) is 0. The second-order valence-electron chi connectivity index (χ2n) is 5.85. The maximum absolute atomic E-state index is 12.0. The van der Waals surface area contributed by atoms with E-state index in [0.717, 1.165) is 38.2 Å².